The molecular formula is C24H22FN3O2. The molecule has 0 aliphatic rings. The maximum atomic E-state index is 13.3. The molecule has 0 aliphatic heterocycles. The molecule has 5 nitrogen and oxygen atoms in total. The van der Waals surface area contributed by atoms with E-state index in [9.17, 15) is 9.18 Å². The van der Waals surface area contributed by atoms with Crippen LogP contribution < -0.4 is 10.1 Å². The highest BCUT2D eigenvalue weighted by molar-refractivity contribution is 5.94. The lowest BCUT2D eigenvalue weighted by molar-refractivity contribution is 0.0953. The molecule has 30 heavy (non-hydrogen) atoms. The molecule has 0 bridgehead atoms. The summed E-state index contributed by atoms with van der Waals surface area (Å²) in [5, 5.41) is 2.94. The second kappa shape index (κ2) is 8.78. The minimum atomic E-state index is -0.255. The molecule has 1 amide bonds. The van der Waals surface area contributed by atoms with Crippen LogP contribution in [-0.4, -0.2) is 29.1 Å². The van der Waals surface area contributed by atoms with E-state index in [1.807, 2.05) is 24.3 Å². The third-order valence-corrected chi connectivity index (χ3v) is 4.95. The van der Waals surface area contributed by atoms with Gasteiger partial charge < -0.3 is 14.6 Å². The number of benzene rings is 3. The summed E-state index contributed by atoms with van der Waals surface area (Å²) < 4.78 is 20.5. The number of para-hydroxylation sites is 2. The maximum Gasteiger partial charge on any atom is 0.251 e. The Morgan fingerprint density at radius 2 is 1.87 bits per heavy atom. The van der Waals surface area contributed by atoms with E-state index in [1.165, 1.54) is 12.1 Å². The number of methoxy groups -OCH3 is 1. The Balaban J connectivity index is 1.50. The molecule has 0 saturated heterocycles. The van der Waals surface area contributed by atoms with Crippen molar-refractivity contribution in [3.8, 4) is 5.75 Å². The van der Waals surface area contributed by atoms with Crippen molar-refractivity contribution in [3.63, 3.8) is 0 Å². The van der Waals surface area contributed by atoms with Gasteiger partial charge in [-0.25, -0.2) is 9.37 Å². The SMILES string of the molecule is COc1cccc(C(=O)NCCc2nc3ccccc3n2Cc2ccc(F)cc2)c1. The highest BCUT2D eigenvalue weighted by Crippen LogP contribution is 2.19. The van der Waals surface area contributed by atoms with Crippen LogP contribution in [0.15, 0.2) is 72.8 Å². The predicted molar refractivity (Wildman–Crippen MR) is 114 cm³/mol. The van der Waals surface area contributed by atoms with Crippen LogP contribution in [0.25, 0.3) is 11.0 Å². The van der Waals surface area contributed by atoms with Crippen molar-refractivity contribution < 1.29 is 13.9 Å². The summed E-state index contributed by atoms with van der Waals surface area (Å²) in [7, 11) is 1.57. The number of amides is 1. The zero-order valence-electron chi connectivity index (χ0n) is 16.6. The summed E-state index contributed by atoms with van der Waals surface area (Å²) in [5.41, 5.74) is 3.44. The van der Waals surface area contributed by atoms with E-state index >= 15 is 0 Å². The van der Waals surface area contributed by atoms with Gasteiger partial charge in [-0.15, -0.1) is 0 Å². The summed E-state index contributed by atoms with van der Waals surface area (Å²) in [6.07, 6.45) is 0.575. The summed E-state index contributed by atoms with van der Waals surface area (Å²) >= 11 is 0. The van der Waals surface area contributed by atoms with E-state index in [0.717, 1.165) is 22.4 Å². The average Bonchev–Trinajstić information content (AvgIpc) is 3.12. The molecule has 0 spiro atoms. The van der Waals surface area contributed by atoms with Gasteiger partial charge >= 0.3 is 0 Å². The first kappa shape index (κ1) is 19.6. The normalized spacial score (nSPS) is 10.9. The number of fused-ring (bicyclic) bond motifs is 1. The molecule has 0 atom stereocenters. The average molecular weight is 403 g/mol. The fourth-order valence-corrected chi connectivity index (χ4v) is 3.42. The van der Waals surface area contributed by atoms with E-state index in [-0.39, 0.29) is 11.7 Å². The highest BCUT2D eigenvalue weighted by atomic mass is 19.1. The first-order valence-electron chi connectivity index (χ1n) is 9.75. The summed E-state index contributed by atoms with van der Waals surface area (Å²) in [6.45, 7) is 1.03. The van der Waals surface area contributed by atoms with Crippen LogP contribution in [0.5, 0.6) is 5.75 Å². The number of nitrogens with one attached hydrogen (secondary N) is 1. The topological polar surface area (TPSA) is 56.1 Å². The first-order valence-corrected chi connectivity index (χ1v) is 9.75. The van der Waals surface area contributed by atoms with E-state index in [4.69, 9.17) is 9.72 Å². The predicted octanol–water partition coefficient (Wildman–Crippen LogP) is 4.20. The van der Waals surface area contributed by atoms with Gasteiger partial charge in [0, 0.05) is 25.1 Å². The Morgan fingerprint density at radius 1 is 1.07 bits per heavy atom. The number of nitrogens with zero attached hydrogens (tertiary/aromatic N) is 2. The number of carbonyl (C=O) groups is 1. The van der Waals surface area contributed by atoms with Gasteiger partial charge in [-0.2, -0.15) is 0 Å². The van der Waals surface area contributed by atoms with Gasteiger partial charge in [-0.05, 0) is 48.0 Å². The number of rotatable bonds is 7. The molecule has 152 valence electrons. The highest BCUT2D eigenvalue weighted by Gasteiger charge is 2.12. The largest absolute Gasteiger partial charge is 0.497 e. The molecule has 1 aromatic heterocycles. The second-order valence-corrected chi connectivity index (χ2v) is 6.97. The molecule has 1 N–H and O–H groups in total. The minimum Gasteiger partial charge on any atom is -0.497 e. The van der Waals surface area contributed by atoms with Crippen LogP contribution in [0.4, 0.5) is 4.39 Å². The van der Waals surface area contributed by atoms with Crippen LogP contribution in [0.3, 0.4) is 0 Å². The third kappa shape index (κ3) is 4.33. The lowest BCUT2D eigenvalue weighted by Crippen LogP contribution is -2.26. The zero-order valence-corrected chi connectivity index (χ0v) is 16.6. The molecule has 0 unspecified atom stereocenters. The van der Waals surface area contributed by atoms with E-state index < -0.39 is 0 Å². The van der Waals surface area contributed by atoms with Gasteiger partial charge in [0.15, 0.2) is 0 Å². The minimum absolute atomic E-state index is 0.157. The van der Waals surface area contributed by atoms with Gasteiger partial charge in [0.05, 0.1) is 18.1 Å². The van der Waals surface area contributed by atoms with Crippen molar-refractivity contribution in [1.82, 2.24) is 14.9 Å². The molecule has 0 aliphatic carbocycles. The molecule has 6 heteroatoms. The van der Waals surface area contributed by atoms with Crippen LogP contribution in [-0.2, 0) is 13.0 Å². The number of hydrogen-bond acceptors (Lipinski definition) is 3. The van der Waals surface area contributed by atoms with E-state index in [2.05, 4.69) is 9.88 Å². The van der Waals surface area contributed by atoms with Crippen molar-refractivity contribution in [2.24, 2.45) is 0 Å². The Bertz CT molecular complexity index is 1170. The summed E-state index contributed by atoms with van der Waals surface area (Å²) in [4.78, 5) is 17.2. The number of imidazole rings is 1. The summed E-state index contributed by atoms with van der Waals surface area (Å²) in [6, 6.07) is 21.4. The number of carbonyl (C=O) groups excluding carboxylic acids is 1. The lowest BCUT2D eigenvalue weighted by Gasteiger charge is -2.11. The van der Waals surface area contributed by atoms with Crippen LogP contribution in [0.1, 0.15) is 21.7 Å². The van der Waals surface area contributed by atoms with Crippen LogP contribution >= 0.6 is 0 Å². The van der Waals surface area contributed by atoms with Crippen LogP contribution in [0, 0.1) is 5.82 Å². The third-order valence-electron chi connectivity index (χ3n) is 4.95. The molecule has 0 saturated carbocycles. The van der Waals surface area contributed by atoms with Crippen molar-refractivity contribution in [1.29, 1.82) is 0 Å². The molecule has 0 fully saturated rings. The Morgan fingerprint density at radius 3 is 2.67 bits per heavy atom. The number of hydrogen-bond donors (Lipinski definition) is 1. The lowest BCUT2D eigenvalue weighted by atomic mass is 10.2. The van der Waals surface area contributed by atoms with Crippen molar-refractivity contribution in [2.45, 2.75) is 13.0 Å². The quantitative estimate of drug-likeness (QED) is 0.503. The number of aromatic nitrogens is 2. The smallest absolute Gasteiger partial charge is 0.251 e. The van der Waals surface area contributed by atoms with Gasteiger partial charge in [-0.1, -0.05) is 30.3 Å². The molecule has 3 aromatic carbocycles. The number of halogens is 1. The Hall–Kier alpha value is -3.67. The Kier molecular flexibility index (Phi) is 5.75. The molecular weight excluding hydrogens is 381 g/mol. The summed E-state index contributed by atoms with van der Waals surface area (Å²) in [5.74, 6) is 1.10. The first-order chi connectivity index (χ1) is 14.6. The Labute approximate surface area is 174 Å². The van der Waals surface area contributed by atoms with Crippen molar-refractivity contribution >= 4 is 16.9 Å². The molecule has 1 heterocycles. The van der Waals surface area contributed by atoms with Crippen molar-refractivity contribution in [2.75, 3.05) is 13.7 Å². The zero-order chi connectivity index (χ0) is 20.9. The van der Waals surface area contributed by atoms with E-state index in [1.54, 1.807) is 43.5 Å². The molecule has 0 radical (unpaired) electrons. The van der Waals surface area contributed by atoms with Gasteiger partial charge in [0.1, 0.15) is 17.4 Å². The standard InChI is InChI=1S/C24H22FN3O2/c1-30-20-6-4-5-18(15-20)24(29)26-14-13-23-27-21-7-2-3-8-22(21)28(23)16-17-9-11-19(25)12-10-17/h2-12,15H,13-14,16H2,1H3,(H,26,29). The maximum absolute atomic E-state index is 13.3. The number of ether oxygens (including phenoxy) is 1. The molecule has 4 rings (SSSR count). The second-order valence-electron chi connectivity index (χ2n) is 6.97. The van der Waals surface area contributed by atoms with Gasteiger partial charge in [-0.3, -0.25) is 4.79 Å². The van der Waals surface area contributed by atoms with Gasteiger partial charge in [0.2, 0.25) is 0 Å². The van der Waals surface area contributed by atoms with Crippen LogP contribution in [0.2, 0.25) is 0 Å². The monoisotopic (exact) mass is 403 g/mol. The molecule has 4 aromatic rings. The van der Waals surface area contributed by atoms with E-state index in [0.29, 0.717) is 30.8 Å². The van der Waals surface area contributed by atoms with Gasteiger partial charge in [0.25, 0.3) is 5.91 Å². The fourth-order valence-electron chi connectivity index (χ4n) is 3.42. The fraction of sp³-hybridized carbons (Fsp3) is 0.167. The van der Waals surface area contributed by atoms with Crippen molar-refractivity contribution in [3.05, 3.63) is 95.6 Å².